The third-order valence-electron chi connectivity index (χ3n) is 5.85. The van der Waals surface area contributed by atoms with Gasteiger partial charge in [-0.2, -0.15) is 4.98 Å². The summed E-state index contributed by atoms with van der Waals surface area (Å²) in [7, 11) is 0. The predicted octanol–water partition coefficient (Wildman–Crippen LogP) is 3.72. The summed E-state index contributed by atoms with van der Waals surface area (Å²) in [5.41, 5.74) is 17.3. The first-order chi connectivity index (χ1) is 15.0. The fourth-order valence-electron chi connectivity index (χ4n) is 4.40. The van der Waals surface area contributed by atoms with Crippen molar-refractivity contribution in [2.75, 3.05) is 22.9 Å². The number of nitrogen functional groups attached to an aromatic ring is 2. The Morgan fingerprint density at radius 1 is 1.00 bits per heavy atom. The van der Waals surface area contributed by atoms with Crippen LogP contribution >= 0.6 is 0 Å². The third kappa shape index (κ3) is 3.20. The highest BCUT2D eigenvalue weighted by molar-refractivity contribution is 6.09. The normalized spacial score (nSPS) is 12.8. The quantitative estimate of drug-likeness (QED) is 0.468. The van der Waals surface area contributed by atoms with Crippen molar-refractivity contribution in [1.82, 2.24) is 9.97 Å². The van der Waals surface area contributed by atoms with Crippen molar-refractivity contribution in [1.29, 1.82) is 0 Å². The second kappa shape index (κ2) is 7.28. The number of rotatable bonds is 4. The molecule has 3 aromatic carbocycles. The van der Waals surface area contributed by atoms with Crippen LogP contribution in [0.1, 0.15) is 21.5 Å². The lowest BCUT2D eigenvalue weighted by Crippen LogP contribution is -2.21. The first-order valence-electron chi connectivity index (χ1n) is 10.0. The molecule has 2 heterocycles. The topological polar surface area (TPSA) is 118 Å². The summed E-state index contributed by atoms with van der Waals surface area (Å²) in [6.45, 7) is 1.45. The lowest BCUT2D eigenvalue weighted by Gasteiger charge is -2.20. The van der Waals surface area contributed by atoms with Gasteiger partial charge in [-0.25, -0.2) is 9.78 Å². The maximum Gasteiger partial charge on any atom is 0.336 e. The molecule has 154 valence electrons. The van der Waals surface area contributed by atoms with E-state index in [9.17, 15) is 9.90 Å². The molecule has 1 aromatic heterocycles. The molecule has 5 rings (SSSR count). The zero-order valence-corrected chi connectivity index (χ0v) is 16.7. The van der Waals surface area contributed by atoms with Crippen molar-refractivity contribution < 1.29 is 9.90 Å². The van der Waals surface area contributed by atoms with E-state index in [0.29, 0.717) is 17.9 Å². The summed E-state index contributed by atoms with van der Waals surface area (Å²) in [6.07, 6.45) is 2.56. The molecule has 5 N–H and O–H groups in total. The van der Waals surface area contributed by atoms with Crippen molar-refractivity contribution in [3.05, 3.63) is 77.5 Å². The predicted molar refractivity (Wildman–Crippen MR) is 122 cm³/mol. The van der Waals surface area contributed by atoms with E-state index in [2.05, 4.69) is 27.0 Å². The van der Waals surface area contributed by atoms with Crippen LogP contribution in [0.5, 0.6) is 0 Å². The standard InChI is InChI=1S/C24H21N5O2/c25-22-14(12-27-24(26)28-22)13-29-11-10-19-16(6-3-7-21(19)29)18-8-9-20(23(30)31)17-5-2-1-4-15(17)18/h1-9,12H,10-11,13H2,(H,30,31)(H4,25,26,27,28). The van der Waals surface area contributed by atoms with Crippen LogP contribution in [0.3, 0.4) is 0 Å². The summed E-state index contributed by atoms with van der Waals surface area (Å²) in [5.74, 6) is -0.357. The summed E-state index contributed by atoms with van der Waals surface area (Å²) in [5, 5.41) is 11.3. The molecule has 7 nitrogen and oxygen atoms in total. The van der Waals surface area contributed by atoms with Crippen molar-refractivity contribution in [2.24, 2.45) is 0 Å². The maximum absolute atomic E-state index is 11.7. The van der Waals surface area contributed by atoms with Crippen LogP contribution in [0.4, 0.5) is 17.5 Å². The first-order valence-corrected chi connectivity index (χ1v) is 10.0. The van der Waals surface area contributed by atoms with E-state index in [0.717, 1.165) is 46.1 Å². The smallest absolute Gasteiger partial charge is 0.336 e. The van der Waals surface area contributed by atoms with Crippen molar-refractivity contribution in [3.8, 4) is 11.1 Å². The fraction of sp³-hybridized carbons (Fsp3) is 0.125. The van der Waals surface area contributed by atoms with Crippen molar-refractivity contribution >= 4 is 34.2 Å². The Hall–Kier alpha value is -4.13. The number of hydrogen-bond acceptors (Lipinski definition) is 6. The lowest BCUT2D eigenvalue weighted by molar-refractivity contribution is 0.0699. The Morgan fingerprint density at radius 3 is 2.58 bits per heavy atom. The number of aromatic carboxylic acids is 1. The molecular formula is C24H21N5O2. The number of hydrogen-bond donors (Lipinski definition) is 3. The van der Waals surface area contributed by atoms with Gasteiger partial charge in [0.1, 0.15) is 5.82 Å². The molecule has 0 amide bonds. The molecule has 4 aromatic rings. The Bertz CT molecular complexity index is 1340. The van der Waals surface area contributed by atoms with E-state index in [1.54, 1.807) is 12.3 Å². The van der Waals surface area contributed by atoms with E-state index in [1.165, 1.54) is 5.56 Å². The Balaban J connectivity index is 1.59. The molecule has 0 atom stereocenters. The summed E-state index contributed by atoms with van der Waals surface area (Å²) < 4.78 is 0. The minimum Gasteiger partial charge on any atom is -0.478 e. The summed E-state index contributed by atoms with van der Waals surface area (Å²) in [6, 6.07) is 17.5. The molecule has 0 unspecified atom stereocenters. The average molecular weight is 411 g/mol. The third-order valence-corrected chi connectivity index (χ3v) is 5.85. The average Bonchev–Trinajstić information content (AvgIpc) is 3.18. The van der Waals surface area contributed by atoms with E-state index in [1.807, 2.05) is 36.4 Å². The molecule has 0 spiro atoms. The van der Waals surface area contributed by atoms with Crippen LogP contribution in [-0.2, 0) is 13.0 Å². The Labute approximate surface area is 179 Å². The Morgan fingerprint density at radius 2 is 1.81 bits per heavy atom. The monoisotopic (exact) mass is 411 g/mol. The number of fused-ring (bicyclic) bond motifs is 2. The SMILES string of the molecule is Nc1ncc(CN2CCc3c(-c4ccc(C(=O)O)c5ccccc45)cccc32)c(N)n1. The molecule has 0 fully saturated rings. The number of nitrogens with two attached hydrogens (primary N) is 2. The van der Waals surface area contributed by atoms with Gasteiger partial charge in [-0.05, 0) is 46.0 Å². The van der Waals surface area contributed by atoms with Gasteiger partial charge in [0.2, 0.25) is 5.95 Å². The van der Waals surface area contributed by atoms with Gasteiger partial charge in [-0.1, -0.05) is 42.5 Å². The molecule has 7 heteroatoms. The molecule has 0 saturated carbocycles. The Kier molecular flexibility index (Phi) is 4.43. The number of anilines is 3. The number of aromatic nitrogens is 2. The largest absolute Gasteiger partial charge is 0.478 e. The highest BCUT2D eigenvalue weighted by Crippen LogP contribution is 2.40. The number of carboxylic acid groups (broad SMARTS) is 1. The number of benzene rings is 3. The van der Waals surface area contributed by atoms with E-state index < -0.39 is 5.97 Å². The van der Waals surface area contributed by atoms with E-state index in [-0.39, 0.29) is 5.95 Å². The molecule has 0 bridgehead atoms. The van der Waals surface area contributed by atoms with Crippen LogP contribution in [0.15, 0.2) is 60.8 Å². The van der Waals surface area contributed by atoms with Crippen molar-refractivity contribution in [2.45, 2.75) is 13.0 Å². The lowest BCUT2D eigenvalue weighted by atomic mass is 9.91. The van der Waals surface area contributed by atoms with Gasteiger partial charge >= 0.3 is 5.97 Å². The molecule has 0 saturated heterocycles. The summed E-state index contributed by atoms with van der Waals surface area (Å²) in [4.78, 5) is 22.1. The van der Waals surface area contributed by atoms with E-state index >= 15 is 0 Å². The highest BCUT2D eigenvalue weighted by atomic mass is 16.4. The van der Waals surface area contributed by atoms with Gasteiger partial charge < -0.3 is 21.5 Å². The molecule has 0 radical (unpaired) electrons. The zero-order valence-electron chi connectivity index (χ0n) is 16.7. The van der Waals surface area contributed by atoms with Gasteiger partial charge in [-0.3, -0.25) is 0 Å². The zero-order chi connectivity index (χ0) is 21.5. The van der Waals surface area contributed by atoms with Gasteiger partial charge in [0, 0.05) is 30.5 Å². The molecule has 1 aliphatic heterocycles. The highest BCUT2D eigenvalue weighted by Gasteiger charge is 2.24. The van der Waals surface area contributed by atoms with Gasteiger partial charge in [-0.15, -0.1) is 0 Å². The van der Waals surface area contributed by atoms with Crippen LogP contribution in [-0.4, -0.2) is 27.6 Å². The van der Waals surface area contributed by atoms with Gasteiger partial charge in [0.15, 0.2) is 0 Å². The van der Waals surface area contributed by atoms with Crippen LogP contribution < -0.4 is 16.4 Å². The number of carboxylic acids is 1. The van der Waals surface area contributed by atoms with Gasteiger partial charge in [0.05, 0.1) is 5.56 Å². The summed E-state index contributed by atoms with van der Waals surface area (Å²) >= 11 is 0. The first kappa shape index (κ1) is 18.9. The fourth-order valence-corrected chi connectivity index (χ4v) is 4.40. The van der Waals surface area contributed by atoms with Crippen LogP contribution in [0.2, 0.25) is 0 Å². The second-order valence-corrected chi connectivity index (χ2v) is 7.62. The molecule has 1 aliphatic rings. The molecule has 0 aliphatic carbocycles. The molecular weight excluding hydrogens is 390 g/mol. The second-order valence-electron chi connectivity index (χ2n) is 7.62. The van der Waals surface area contributed by atoms with Crippen LogP contribution in [0.25, 0.3) is 21.9 Å². The van der Waals surface area contributed by atoms with E-state index in [4.69, 9.17) is 11.5 Å². The minimum atomic E-state index is -0.921. The van der Waals surface area contributed by atoms with Gasteiger partial charge in [0.25, 0.3) is 0 Å². The molecule has 31 heavy (non-hydrogen) atoms. The minimum absolute atomic E-state index is 0.169. The maximum atomic E-state index is 11.7. The number of nitrogens with zero attached hydrogens (tertiary/aromatic N) is 3. The number of carbonyl (C=O) groups is 1. The van der Waals surface area contributed by atoms with Crippen molar-refractivity contribution in [3.63, 3.8) is 0 Å². The van der Waals surface area contributed by atoms with Crippen LogP contribution in [0, 0.1) is 0 Å².